The highest BCUT2D eigenvalue weighted by Gasteiger charge is 2.17. The van der Waals surface area contributed by atoms with Crippen LogP contribution < -0.4 is 0 Å². The minimum Gasteiger partial charge on any atom is -0.289 e. The first kappa shape index (κ1) is 19.7. The molecule has 0 atom stereocenters. The van der Waals surface area contributed by atoms with E-state index in [2.05, 4.69) is 5.10 Å². The van der Waals surface area contributed by atoms with Crippen molar-refractivity contribution in [2.24, 2.45) is 0 Å². The first-order valence-corrected chi connectivity index (χ1v) is 10.1. The van der Waals surface area contributed by atoms with Crippen molar-refractivity contribution in [3.05, 3.63) is 89.8 Å². The van der Waals surface area contributed by atoms with Gasteiger partial charge in [-0.25, -0.2) is 12.7 Å². The highest BCUT2D eigenvalue weighted by Crippen LogP contribution is 2.15. The van der Waals surface area contributed by atoms with Crippen LogP contribution in [0.5, 0.6) is 0 Å². The SMILES string of the molecule is CN(C)S(=O)(=O)c1ccc(C(=O)C=Cc2cnn(Cc3ccccc3)c2)cc1. The van der Waals surface area contributed by atoms with Gasteiger partial charge in [0.25, 0.3) is 0 Å². The average molecular weight is 395 g/mol. The fourth-order valence-electron chi connectivity index (χ4n) is 2.59. The molecule has 0 unspecified atom stereocenters. The van der Waals surface area contributed by atoms with Gasteiger partial charge in [-0.1, -0.05) is 30.3 Å². The molecule has 3 aromatic rings. The summed E-state index contributed by atoms with van der Waals surface area (Å²) in [5.74, 6) is -0.204. The minimum atomic E-state index is -3.50. The van der Waals surface area contributed by atoms with Gasteiger partial charge < -0.3 is 0 Å². The van der Waals surface area contributed by atoms with Gasteiger partial charge in [-0.15, -0.1) is 0 Å². The fraction of sp³-hybridized carbons (Fsp3) is 0.143. The van der Waals surface area contributed by atoms with Crippen LogP contribution in [-0.4, -0.2) is 42.4 Å². The molecule has 1 heterocycles. The molecule has 2 aromatic carbocycles. The number of hydrogen-bond acceptors (Lipinski definition) is 4. The topological polar surface area (TPSA) is 72.3 Å². The van der Waals surface area contributed by atoms with Crippen molar-refractivity contribution >= 4 is 21.9 Å². The summed E-state index contributed by atoms with van der Waals surface area (Å²) in [4.78, 5) is 12.5. The molecule has 0 aliphatic carbocycles. The van der Waals surface area contributed by atoms with Crippen LogP contribution in [0, 0.1) is 0 Å². The summed E-state index contributed by atoms with van der Waals surface area (Å²) in [7, 11) is -0.570. The lowest BCUT2D eigenvalue weighted by Gasteiger charge is -2.11. The molecule has 0 saturated heterocycles. The molecule has 1 aromatic heterocycles. The molecule has 0 bridgehead atoms. The minimum absolute atomic E-state index is 0.153. The van der Waals surface area contributed by atoms with Gasteiger partial charge in [-0.05, 0) is 42.0 Å². The average Bonchev–Trinajstić information content (AvgIpc) is 3.14. The predicted molar refractivity (Wildman–Crippen MR) is 108 cm³/mol. The summed E-state index contributed by atoms with van der Waals surface area (Å²) in [6.45, 7) is 0.657. The molecule has 0 radical (unpaired) electrons. The molecule has 6 nitrogen and oxygen atoms in total. The fourth-order valence-corrected chi connectivity index (χ4v) is 3.49. The van der Waals surface area contributed by atoms with E-state index < -0.39 is 10.0 Å². The van der Waals surface area contributed by atoms with Gasteiger partial charge in [0.1, 0.15) is 0 Å². The van der Waals surface area contributed by atoms with E-state index in [0.29, 0.717) is 12.1 Å². The molecule has 144 valence electrons. The van der Waals surface area contributed by atoms with Crippen LogP contribution in [0.4, 0.5) is 0 Å². The maximum Gasteiger partial charge on any atom is 0.242 e. The molecule has 0 saturated carbocycles. The van der Waals surface area contributed by atoms with Gasteiger partial charge >= 0.3 is 0 Å². The Bertz CT molecular complexity index is 1080. The lowest BCUT2D eigenvalue weighted by molar-refractivity contribution is 0.104. The zero-order chi connectivity index (χ0) is 20.1. The number of allylic oxidation sites excluding steroid dienone is 1. The third-order valence-corrected chi connectivity index (χ3v) is 6.01. The summed E-state index contributed by atoms with van der Waals surface area (Å²) in [5, 5.41) is 4.30. The van der Waals surface area contributed by atoms with E-state index in [9.17, 15) is 13.2 Å². The van der Waals surface area contributed by atoms with Gasteiger partial charge in [0.15, 0.2) is 5.78 Å². The van der Waals surface area contributed by atoms with Crippen LogP contribution in [0.25, 0.3) is 6.08 Å². The number of benzene rings is 2. The lowest BCUT2D eigenvalue weighted by atomic mass is 10.1. The molecule has 0 amide bonds. The summed E-state index contributed by atoms with van der Waals surface area (Å²) >= 11 is 0. The second-order valence-corrected chi connectivity index (χ2v) is 8.62. The zero-order valence-corrected chi connectivity index (χ0v) is 16.5. The molecule has 0 aliphatic heterocycles. The van der Waals surface area contributed by atoms with E-state index in [1.807, 2.05) is 36.5 Å². The van der Waals surface area contributed by atoms with Gasteiger partial charge in [0.05, 0.1) is 17.6 Å². The van der Waals surface area contributed by atoms with E-state index >= 15 is 0 Å². The Morgan fingerprint density at radius 2 is 1.75 bits per heavy atom. The summed E-state index contributed by atoms with van der Waals surface area (Å²) in [6.07, 6.45) is 6.71. The smallest absolute Gasteiger partial charge is 0.242 e. The Labute approximate surface area is 164 Å². The first-order chi connectivity index (χ1) is 13.4. The van der Waals surface area contributed by atoms with Crippen LogP contribution in [0.2, 0.25) is 0 Å². The molecule has 28 heavy (non-hydrogen) atoms. The Morgan fingerprint density at radius 3 is 2.39 bits per heavy atom. The Balaban J connectivity index is 1.67. The van der Waals surface area contributed by atoms with Crippen molar-refractivity contribution in [2.45, 2.75) is 11.4 Å². The largest absolute Gasteiger partial charge is 0.289 e. The van der Waals surface area contributed by atoms with Crippen molar-refractivity contribution in [2.75, 3.05) is 14.1 Å². The number of rotatable bonds is 7. The predicted octanol–water partition coefficient (Wildman–Crippen LogP) is 3.08. The van der Waals surface area contributed by atoms with Gasteiger partial charge in [0.2, 0.25) is 10.0 Å². The molecule has 0 fully saturated rings. The van der Waals surface area contributed by atoms with Crippen LogP contribution in [-0.2, 0) is 16.6 Å². The summed E-state index contributed by atoms with van der Waals surface area (Å²) < 4.78 is 27.1. The number of hydrogen-bond donors (Lipinski definition) is 0. The van der Waals surface area contributed by atoms with E-state index in [1.165, 1.54) is 44.4 Å². The van der Waals surface area contributed by atoms with Crippen molar-refractivity contribution in [1.82, 2.24) is 14.1 Å². The molecule has 0 N–H and O–H groups in total. The number of nitrogens with zero attached hydrogens (tertiary/aromatic N) is 3. The molecular weight excluding hydrogens is 374 g/mol. The Hall–Kier alpha value is -3.03. The molecule has 3 rings (SSSR count). The third-order valence-electron chi connectivity index (χ3n) is 4.19. The second-order valence-electron chi connectivity index (χ2n) is 6.47. The number of aromatic nitrogens is 2. The van der Waals surface area contributed by atoms with Gasteiger partial charge in [0, 0.05) is 31.4 Å². The number of sulfonamides is 1. The Kier molecular flexibility index (Phi) is 5.87. The van der Waals surface area contributed by atoms with Crippen LogP contribution >= 0.6 is 0 Å². The van der Waals surface area contributed by atoms with E-state index in [0.717, 1.165) is 15.4 Å². The maximum absolute atomic E-state index is 12.3. The van der Waals surface area contributed by atoms with E-state index in [-0.39, 0.29) is 10.7 Å². The van der Waals surface area contributed by atoms with Crippen LogP contribution in [0.3, 0.4) is 0 Å². The van der Waals surface area contributed by atoms with Crippen molar-refractivity contribution < 1.29 is 13.2 Å². The van der Waals surface area contributed by atoms with Crippen molar-refractivity contribution in [1.29, 1.82) is 0 Å². The van der Waals surface area contributed by atoms with Crippen molar-refractivity contribution in [3.63, 3.8) is 0 Å². The van der Waals surface area contributed by atoms with Crippen LogP contribution in [0.1, 0.15) is 21.5 Å². The standard InChI is InChI=1S/C21H21N3O3S/c1-23(2)28(26,27)20-11-9-19(10-12-20)21(25)13-8-18-14-22-24(16-18)15-17-6-4-3-5-7-17/h3-14,16H,15H2,1-2H3. The van der Waals surface area contributed by atoms with E-state index in [1.54, 1.807) is 17.0 Å². The number of ketones is 1. The molecule has 0 aliphatic rings. The summed E-state index contributed by atoms with van der Waals surface area (Å²) in [5.41, 5.74) is 2.38. The monoisotopic (exact) mass is 395 g/mol. The summed E-state index contributed by atoms with van der Waals surface area (Å²) in [6, 6.07) is 15.9. The normalized spacial score (nSPS) is 12.0. The maximum atomic E-state index is 12.3. The molecular formula is C21H21N3O3S. The van der Waals surface area contributed by atoms with E-state index in [4.69, 9.17) is 0 Å². The molecule has 0 spiro atoms. The first-order valence-electron chi connectivity index (χ1n) is 8.67. The highest BCUT2D eigenvalue weighted by atomic mass is 32.2. The van der Waals surface area contributed by atoms with Gasteiger partial charge in [-0.2, -0.15) is 5.10 Å². The molecule has 7 heteroatoms. The van der Waals surface area contributed by atoms with Gasteiger partial charge in [-0.3, -0.25) is 9.48 Å². The quantitative estimate of drug-likeness (QED) is 0.455. The Morgan fingerprint density at radius 1 is 1.07 bits per heavy atom. The van der Waals surface area contributed by atoms with Crippen molar-refractivity contribution in [3.8, 4) is 0 Å². The highest BCUT2D eigenvalue weighted by molar-refractivity contribution is 7.89. The number of carbonyl (C=O) groups is 1. The lowest BCUT2D eigenvalue weighted by Crippen LogP contribution is -2.22. The number of carbonyl (C=O) groups excluding carboxylic acids is 1. The third kappa shape index (κ3) is 4.62. The second kappa shape index (κ2) is 8.33. The zero-order valence-electron chi connectivity index (χ0n) is 15.7. The van der Waals surface area contributed by atoms with Crippen LogP contribution in [0.15, 0.2) is 78.0 Å².